The summed E-state index contributed by atoms with van der Waals surface area (Å²) in [5.41, 5.74) is 0.921. The summed E-state index contributed by atoms with van der Waals surface area (Å²) >= 11 is 0. The molecule has 0 bridgehead atoms. The molecule has 4 N–H and O–H groups in total. The first-order chi connectivity index (χ1) is 9.20. The van der Waals surface area contributed by atoms with Crippen molar-refractivity contribution in [2.75, 3.05) is 13.6 Å². The van der Waals surface area contributed by atoms with Gasteiger partial charge in [-0.25, -0.2) is 0 Å². The van der Waals surface area contributed by atoms with Crippen LogP contribution in [0.2, 0.25) is 0 Å². The van der Waals surface area contributed by atoms with Gasteiger partial charge < -0.3 is 16.0 Å². The van der Waals surface area contributed by atoms with Crippen molar-refractivity contribution in [1.29, 1.82) is 0 Å². The molecule has 0 spiro atoms. The van der Waals surface area contributed by atoms with Gasteiger partial charge >= 0.3 is 0 Å². The van der Waals surface area contributed by atoms with Crippen molar-refractivity contribution in [3.05, 3.63) is 35.9 Å². The van der Waals surface area contributed by atoms with E-state index in [9.17, 15) is 9.59 Å². The number of amides is 2. The minimum atomic E-state index is -0.362. The van der Waals surface area contributed by atoms with E-state index in [1.165, 1.54) is 0 Å². The van der Waals surface area contributed by atoms with E-state index in [2.05, 4.69) is 10.6 Å². The molecule has 5 nitrogen and oxygen atoms in total. The second-order valence-electron chi connectivity index (χ2n) is 4.78. The summed E-state index contributed by atoms with van der Waals surface area (Å²) in [5, 5.41) is 7.32. The van der Waals surface area contributed by atoms with Gasteiger partial charge in [0.15, 0.2) is 12.6 Å². The van der Waals surface area contributed by atoms with Gasteiger partial charge in [0.2, 0.25) is 0 Å². The number of likely N-dealkylation sites (N-methyl/N-ethyl adjacent to an activating group) is 1. The first-order valence-electron chi connectivity index (χ1n) is 6.60. The van der Waals surface area contributed by atoms with Crippen molar-refractivity contribution in [1.82, 2.24) is 10.6 Å². The summed E-state index contributed by atoms with van der Waals surface area (Å²) in [6.45, 7) is 0.244. The Labute approximate surface area is 112 Å². The van der Waals surface area contributed by atoms with Crippen LogP contribution in [-0.2, 0) is 9.59 Å². The fourth-order valence-corrected chi connectivity index (χ4v) is 1.90. The molecule has 0 unspecified atom stereocenters. The Balaban J connectivity index is 2.03. The third kappa shape index (κ3) is 4.06. The fourth-order valence-electron chi connectivity index (χ4n) is 1.90. The molecule has 5 heteroatoms. The average molecular weight is 262 g/mol. The highest BCUT2D eigenvalue weighted by Gasteiger charge is 2.30. The molecule has 0 radical (unpaired) electrons. The monoisotopic (exact) mass is 262 g/mol. The van der Waals surface area contributed by atoms with Gasteiger partial charge in [0.05, 0.1) is 0 Å². The molecule has 0 heterocycles. The van der Waals surface area contributed by atoms with Crippen LogP contribution in [0.1, 0.15) is 24.4 Å². The van der Waals surface area contributed by atoms with Crippen LogP contribution in [-0.4, -0.2) is 31.4 Å². The topological polar surface area (TPSA) is 74.8 Å². The van der Waals surface area contributed by atoms with Crippen LogP contribution in [0.4, 0.5) is 0 Å². The van der Waals surface area contributed by atoms with Crippen molar-refractivity contribution in [3.63, 3.8) is 0 Å². The third-order valence-corrected chi connectivity index (χ3v) is 3.18. The molecule has 1 aliphatic carbocycles. The molecule has 2 amide bonds. The van der Waals surface area contributed by atoms with Crippen LogP contribution >= 0.6 is 0 Å². The third-order valence-electron chi connectivity index (χ3n) is 3.18. The van der Waals surface area contributed by atoms with E-state index in [0.29, 0.717) is 6.04 Å². The zero-order chi connectivity index (χ0) is 13.7. The molecule has 1 aromatic rings. The van der Waals surface area contributed by atoms with E-state index in [0.717, 1.165) is 18.4 Å². The normalized spacial score (nSPS) is 15.6. The second-order valence-corrected chi connectivity index (χ2v) is 4.78. The molecule has 1 atom stereocenters. The molecule has 0 aliphatic heterocycles. The molecule has 102 valence electrons. The number of carbonyl (C=O) groups is 2. The van der Waals surface area contributed by atoms with E-state index in [1.54, 1.807) is 12.4 Å². The van der Waals surface area contributed by atoms with Gasteiger partial charge in [-0.15, -0.1) is 0 Å². The number of rotatable bonds is 6. The zero-order valence-electron chi connectivity index (χ0n) is 11.1. The first-order valence-corrected chi connectivity index (χ1v) is 6.60. The van der Waals surface area contributed by atoms with E-state index >= 15 is 0 Å². The number of nitrogens with two attached hydrogens (primary N) is 1. The molecule has 1 fully saturated rings. The summed E-state index contributed by atoms with van der Waals surface area (Å²) < 4.78 is 0. The van der Waals surface area contributed by atoms with Gasteiger partial charge in [0.1, 0.15) is 0 Å². The van der Waals surface area contributed by atoms with Gasteiger partial charge in [-0.1, -0.05) is 30.3 Å². The minimum Gasteiger partial charge on any atom is -0.354 e. The van der Waals surface area contributed by atoms with Crippen LogP contribution in [0.25, 0.3) is 0 Å². The fraction of sp³-hybridized carbons (Fsp3) is 0.429. The van der Waals surface area contributed by atoms with Gasteiger partial charge in [-0.05, 0) is 12.8 Å². The average Bonchev–Trinajstić information content (AvgIpc) is 3.23. The largest absolute Gasteiger partial charge is 0.354 e. The second kappa shape index (κ2) is 6.33. The Morgan fingerprint density at radius 1 is 1.32 bits per heavy atom. The van der Waals surface area contributed by atoms with E-state index in [1.807, 2.05) is 30.3 Å². The lowest BCUT2D eigenvalue weighted by atomic mass is 10.1. The number of hydrogen-bond donors (Lipinski definition) is 3. The van der Waals surface area contributed by atoms with Crippen LogP contribution in [0.15, 0.2) is 30.3 Å². The van der Waals surface area contributed by atoms with Crippen LogP contribution in [0, 0.1) is 0 Å². The van der Waals surface area contributed by atoms with E-state index < -0.39 is 0 Å². The van der Waals surface area contributed by atoms with Crippen LogP contribution < -0.4 is 16.0 Å². The summed E-state index contributed by atoms with van der Waals surface area (Å²) in [6.07, 6.45) is 2.12. The maximum Gasteiger partial charge on any atom is 0.283 e. The van der Waals surface area contributed by atoms with Crippen molar-refractivity contribution >= 4 is 11.8 Å². The van der Waals surface area contributed by atoms with Crippen molar-refractivity contribution in [2.45, 2.75) is 24.9 Å². The molecule has 19 heavy (non-hydrogen) atoms. The Morgan fingerprint density at radius 3 is 2.58 bits per heavy atom. The molecule has 1 saturated carbocycles. The molecule has 1 aromatic carbocycles. The number of nitrogens with one attached hydrogen (secondary N) is 2. The molecule has 0 aromatic heterocycles. The highest BCUT2D eigenvalue weighted by molar-refractivity contribution is 5.82. The highest BCUT2D eigenvalue weighted by Crippen LogP contribution is 2.20. The van der Waals surface area contributed by atoms with Gasteiger partial charge in [0, 0.05) is 18.7 Å². The Hall–Kier alpha value is -1.88. The van der Waals surface area contributed by atoms with Crippen LogP contribution in [0.3, 0.4) is 0 Å². The lowest BCUT2D eigenvalue weighted by molar-refractivity contribution is -0.672. The van der Waals surface area contributed by atoms with Crippen molar-refractivity contribution < 1.29 is 14.9 Å². The van der Waals surface area contributed by atoms with E-state index in [-0.39, 0.29) is 24.4 Å². The van der Waals surface area contributed by atoms with E-state index in [4.69, 9.17) is 0 Å². The standard InChI is InChI=1S/C14H19N3O2/c1-15-12(18)9-16-13(10-5-3-2-4-6-10)14(19)17-11-7-8-11/h2-6,11,13,16H,7-9H2,1H3,(H,15,18)(H,17,19)/p+1/t13-/m0/s1. The van der Waals surface area contributed by atoms with Gasteiger partial charge in [-0.3, -0.25) is 9.59 Å². The Morgan fingerprint density at radius 2 is 2.00 bits per heavy atom. The maximum atomic E-state index is 12.2. The molecular weight excluding hydrogens is 242 g/mol. The maximum absolute atomic E-state index is 12.2. The molecular formula is C14H20N3O2+. The van der Waals surface area contributed by atoms with Crippen LogP contribution in [0.5, 0.6) is 0 Å². The highest BCUT2D eigenvalue weighted by atomic mass is 16.2. The lowest BCUT2D eigenvalue weighted by Crippen LogP contribution is -2.89. The summed E-state index contributed by atoms with van der Waals surface area (Å²) in [5.74, 6) is -0.0993. The molecule has 2 rings (SSSR count). The zero-order valence-corrected chi connectivity index (χ0v) is 11.1. The molecule has 1 aliphatic rings. The smallest absolute Gasteiger partial charge is 0.283 e. The predicted octanol–water partition coefficient (Wildman–Crippen LogP) is -0.684. The number of hydrogen-bond acceptors (Lipinski definition) is 2. The van der Waals surface area contributed by atoms with Gasteiger partial charge in [-0.2, -0.15) is 0 Å². The first kappa shape index (κ1) is 13.5. The van der Waals surface area contributed by atoms with Crippen molar-refractivity contribution in [3.8, 4) is 0 Å². The predicted molar refractivity (Wildman–Crippen MR) is 71.2 cm³/mol. The number of quaternary nitrogens is 1. The molecule has 0 saturated heterocycles. The SMILES string of the molecule is CNC(=O)C[NH2+][C@H](C(=O)NC1CC1)c1ccccc1. The number of carbonyl (C=O) groups excluding carboxylic acids is 2. The summed E-state index contributed by atoms with van der Waals surface area (Å²) in [7, 11) is 1.60. The van der Waals surface area contributed by atoms with Gasteiger partial charge in [0.25, 0.3) is 11.8 Å². The van der Waals surface area contributed by atoms with Crippen molar-refractivity contribution in [2.24, 2.45) is 0 Å². The number of benzene rings is 1. The Kier molecular flexibility index (Phi) is 4.52. The Bertz CT molecular complexity index is 443. The lowest BCUT2D eigenvalue weighted by Gasteiger charge is -2.15. The summed E-state index contributed by atoms with van der Waals surface area (Å²) in [4.78, 5) is 23.6. The quantitative estimate of drug-likeness (QED) is 0.635. The summed E-state index contributed by atoms with van der Waals surface area (Å²) in [6, 6.07) is 9.51. The minimum absolute atomic E-state index is 0.0161.